The van der Waals surface area contributed by atoms with Crippen molar-refractivity contribution in [1.82, 2.24) is 14.8 Å². The number of likely N-dealkylation sites (tertiary alicyclic amines) is 1. The fraction of sp³-hybridized carbons (Fsp3) is 0.444. The summed E-state index contributed by atoms with van der Waals surface area (Å²) in [5.41, 5.74) is 1.03. The molecule has 0 bridgehead atoms. The van der Waals surface area contributed by atoms with Crippen molar-refractivity contribution in [2.24, 2.45) is 5.92 Å². The Labute approximate surface area is 136 Å². The number of amides is 1. The normalized spacial score (nSPS) is 18.2. The highest BCUT2D eigenvalue weighted by atomic mass is 16.3. The minimum atomic E-state index is 0.138. The van der Waals surface area contributed by atoms with E-state index in [1.807, 2.05) is 29.2 Å². The summed E-state index contributed by atoms with van der Waals surface area (Å²) in [6.45, 7) is 5.77. The Morgan fingerprint density at radius 3 is 2.96 bits per heavy atom. The fourth-order valence-corrected chi connectivity index (χ4v) is 3.00. The van der Waals surface area contributed by atoms with Crippen LogP contribution in [-0.2, 0) is 17.9 Å². The summed E-state index contributed by atoms with van der Waals surface area (Å²) in [4.78, 5) is 21.0. The van der Waals surface area contributed by atoms with Crippen LogP contribution >= 0.6 is 0 Å². The molecular formula is C18H23N3O2. The molecule has 0 N–H and O–H groups in total. The van der Waals surface area contributed by atoms with Gasteiger partial charge >= 0.3 is 0 Å². The molecule has 0 aromatic carbocycles. The SMILES string of the molecule is CC1CCN(CC(=O)N(Cc2cccnc2)Cc2ccco2)C1. The summed E-state index contributed by atoms with van der Waals surface area (Å²) in [6, 6.07) is 7.64. The Bertz CT molecular complexity index is 612. The Balaban J connectivity index is 1.67. The highest BCUT2D eigenvalue weighted by Crippen LogP contribution is 2.16. The van der Waals surface area contributed by atoms with Gasteiger partial charge in [-0.15, -0.1) is 0 Å². The molecule has 3 rings (SSSR count). The number of pyridine rings is 1. The number of aromatic nitrogens is 1. The summed E-state index contributed by atoms with van der Waals surface area (Å²) < 4.78 is 5.42. The van der Waals surface area contributed by atoms with Crippen LogP contribution in [0.3, 0.4) is 0 Å². The van der Waals surface area contributed by atoms with Gasteiger partial charge in [-0.3, -0.25) is 14.7 Å². The predicted octanol–water partition coefficient (Wildman–Crippen LogP) is 2.55. The lowest BCUT2D eigenvalue weighted by atomic mass is 10.2. The van der Waals surface area contributed by atoms with E-state index >= 15 is 0 Å². The largest absolute Gasteiger partial charge is 0.467 e. The molecule has 1 amide bonds. The monoisotopic (exact) mass is 313 g/mol. The Kier molecular flexibility index (Phi) is 5.08. The summed E-state index contributed by atoms with van der Waals surface area (Å²) in [6.07, 6.45) is 6.37. The zero-order valence-electron chi connectivity index (χ0n) is 13.5. The van der Waals surface area contributed by atoms with Gasteiger partial charge in [0.15, 0.2) is 0 Å². The second-order valence-corrected chi connectivity index (χ2v) is 6.32. The first-order chi connectivity index (χ1) is 11.2. The van der Waals surface area contributed by atoms with Crippen LogP contribution in [0.1, 0.15) is 24.7 Å². The molecule has 0 spiro atoms. The minimum absolute atomic E-state index is 0.138. The molecule has 1 unspecified atom stereocenters. The number of carbonyl (C=O) groups is 1. The predicted molar refractivity (Wildman–Crippen MR) is 87.4 cm³/mol. The summed E-state index contributed by atoms with van der Waals surface area (Å²) in [7, 11) is 0. The van der Waals surface area contributed by atoms with E-state index in [4.69, 9.17) is 4.42 Å². The van der Waals surface area contributed by atoms with Crippen LogP contribution in [0.5, 0.6) is 0 Å². The average Bonchev–Trinajstić information content (AvgIpc) is 3.19. The van der Waals surface area contributed by atoms with Crippen molar-refractivity contribution in [3.05, 3.63) is 54.2 Å². The molecule has 1 atom stereocenters. The molecule has 23 heavy (non-hydrogen) atoms. The second-order valence-electron chi connectivity index (χ2n) is 6.32. The van der Waals surface area contributed by atoms with E-state index in [0.29, 0.717) is 25.6 Å². The van der Waals surface area contributed by atoms with Crippen LogP contribution in [-0.4, -0.2) is 40.3 Å². The Morgan fingerprint density at radius 1 is 1.39 bits per heavy atom. The third-order valence-corrected chi connectivity index (χ3v) is 4.24. The van der Waals surface area contributed by atoms with E-state index < -0.39 is 0 Å². The summed E-state index contributed by atoms with van der Waals surface area (Å²) >= 11 is 0. The number of hydrogen-bond donors (Lipinski definition) is 0. The van der Waals surface area contributed by atoms with Gasteiger partial charge in [-0.25, -0.2) is 0 Å². The first-order valence-corrected chi connectivity index (χ1v) is 8.12. The molecule has 2 aromatic heterocycles. The standard InChI is InChI=1S/C18H23N3O2/c1-15-6-8-20(11-15)14-18(22)21(13-17-5-3-9-23-17)12-16-4-2-7-19-10-16/h2-5,7,9-10,15H,6,8,11-14H2,1H3. The van der Waals surface area contributed by atoms with Crippen LogP contribution in [0.4, 0.5) is 0 Å². The van der Waals surface area contributed by atoms with Gasteiger partial charge in [0.05, 0.1) is 19.4 Å². The van der Waals surface area contributed by atoms with Crippen molar-refractivity contribution >= 4 is 5.91 Å². The van der Waals surface area contributed by atoms with E-state index in [9.17, 15) is 4.79 Å². The van der Waals surface area contributed by atoms with E-state index in [1.165, 1.54) is 6.42 Å². The van der Waals surface area contributed by atoms with Gasteiger partial charge < -0.3 is 9.32 Å². The molecule has 0 saturated carbocycles. The van der Waals surface area contributed by atoms with Crippen molar-refractivity contribution in [2.45, 2.75) is 26.4 Å². The van der Waals surface area contributed by atoms with Crippen LogP contribution in [0, 0.1) is 5.92 Å². The van der Waals surface area contributed by atoms with Gasteiger partial charge in [-0.2, -0.15) is 0 Å². The maximum absolute atomic E-state index is 12.8. The third kappa shape index (κ3) is 4.42. The summed E-state index contributed by atoms with van der Waals surface area (Å²) in [5.74, 6) is 1.62. The van der Waals surface area contributed by atoms with Gasteiger partial charge in [0, 0.05) is 25.5 Å². The number of carbonyl (C=O) groups excluding carboxylic acids is 1. The molecule has 1 aliphatic heterocycles. The highest BCUT2D eigenvalue weighted by molar-refractivity contribution is 5.78. The molecule has 0 radical (unpaired) electrons. The lowest BCUT2D eigenvalue weighted by Crippen LogP contribution is -2.38. The van der Waals surface area contributed by atoms with Crippen LogP contribution < -0.4 is 0 Å². The molecule has 1 saturated heterocycles. The van der Waals surface area contributed by atoms with Crippen LogP contribution in [0.15, 0.2) is 47.3 Å². The van der Waals surface area contributed by atoms with E-state index in [1.54, 1.807) is 18.7 Å². The van der Waals surface area contributed by atoms with Crippen LogP contribution in [0.2, 0.25) is 0 Å². The zero-order chi connectivity index (χ0) is 16.1. The van der Waals surface area contributed by atoms with Gasteiger partial charge in [0.2, 0.25) is 5.91 Å². The molecule has 2 aromatic rings. The topological polar surface area (TPSA) is 49.6 Å². The molecular weight excluding hydrogens is 290 g/mol. The number of furan rings is 1. The van der Waals surface area contributed by atoms with Crippen molar-refractivity contribution in [3.8, 4) is 0 Å². The minimum Gasteiger partial charge on any atom is -0.467 e. The van der Waals surface area contributed by atoms with E-state index in [2.05, 4.69) is 16.8 Å². The third-order valence-electron chi connectivity index (χ3n) is 4.24. The van der Waals surface area contributed by atoms with Gasteiger partial charge in [0.1, 0.15) is 5.76 Å². The first-order valence-electron chi connectivity index (χ1n) is 8.12. The fourth-order valence-electron chi connectivity index (χ4n) is 3.00. The summed E-state index contributed by atoms with van der Waals surface area (Å²) in [5, 5.41) is 0. The first kappa shape index (κ1) is 15.7. The molecule has 122 valence electrons. The molecule has 1 aliphatic rings. The van der Waals surface area contributed by atoms with Crippen molar-refractivity contribution < 1.29 is 9.21 Å². The van der Waals surface area contributed by atoms with Crippen molar-refractivity contribution in [2.75, 3.05) is 19.6 Å². The maximum atomic E-state index is 12.8. The van der Waals surface area contributed by atoms with Gasteiger partial charge in [-0.05, 0) is 42.6 Å². The number of nitrogens with zero attached hydrogens (tertiary/aromatic N) is 3. The smallest absolute Gasteiger partial charge is 0.237 e. The molecule has 5 nitrogen and oxygen atoms in total. The van der Waals surface area contributed by atoms with Gasteiger partial charge in [-0.1, -0.05) is 13.0 Å². The Morgan fingerprint density at radius 2 is 2.30 bits per heavy atom. The average molecular weight is 313 g/mol. The maximum Gasteiger partial charge on any atom is 0.237 e. The number of rotatable bonds is 6. The molecule has 3 heterocycles. The quantitative estimate of drug-likeness (QED) is 0.822. The number of hydrogen-bond acceptors (Lipinski definition) is 4. The molecule has 5 heteroatoms. The van der Waals surface area contributed by atoms with Gasteiger partial charge in [0.25, 0.3) is 0 Å². The van der Waals surface area contributed by atoms with Crippen LogP contribution in [0.25, 0.3) is 0 Å². The molecule has 0 aliphatic carbocycles. The van der Waals surface area contributed by atoms with E-state index in [0.717, 1.165) is 24.4 Å². The van der Waals surface area contributed by atoms with E-state index in [-0.39, 0.29) is 5.91 Å². The highest BCUT2D eigenvalue weighted by Gasteiger charge is 2.24. The lowest BCUT2D eigenvalue weighted by molar-refractivity contribution is -0.133. The van der Waals surface area contributed by atoms with Crippen molar-refractivity contribution in [3.63, 3.8) is 0 Å². The Hall–Kier alpha value is -2.14. The lowest BCUT2D eigenvalue weighted by Gasteiger charge is -2.24. The second kappa shape index (κ2) is 7.42. The zero-order valence-corrected chi connectivity index (χ0v) is 13.5. The molecule has 1 fully saturated rings. The van der Waals surface area contributed by atoms with Crippen molar-refractivity contribution in [1.29, 1.82) is 0 Å².